The number of carbonyl (C=O) groups is 3. The van der Waals surface area contributed by atoms with E-state index >= 15 is 0 Å². The lowest BCUT2D eigenvalue weighted by Crippen LogP contribution is -2.45. The highest BCUT2D eigenvalue weighted by atomic mass is 16.5. The van der Waals surface area contributed by atoms with Crippen LogP contribution in [0.1, 0.15) is 70.5 Å². The summed E-state index contributed by atoms with van der Waals surface area (Å²) in [5, 5.41) is 16.1. The Balaban J connectivity index is 2.00. The maximum atomic E-state index is 12.2. The summed E-state index contributed by atoms with van der Waals surface area (Å²) in [4.78, 5) is 40.8. The normalized spacial score (nSPS) is 17.4. The third-order valence-electron chi connectivity index (χ3n) is 5.22. The van der Waals surface area contributed by atoms with Crippen LogP contribution >= 0.6 is 0 Å². The molecule has 2 N–H and O–H groups in total. The van der Waals surface area contributed by atoms with Crippen molar-refractivity contribution in [1.82, 2.24) is 20.4 Å². The van der Waals surface area contributed by atoms with Gasteiger partial charge in [-0.2, -0.15) is 4.98 Å². The standard InChI is InChI=1S/C19H30N4O5/c1-13(17(26)27)12-23(3)16(25)9-8-15-20-18(22-28-15)19(21-14(2)24)10-6-4-5-7-11-19/h13H,4-12H2,1-3H3,(H,21,24)(H,26,27). The van der Waals surface area contributed by atoms with Crippen LogP contribution in [0, 0.1) is 5.92 Å². The second-order valence-corrected chi connectivity index (χ2v) is 7.70. The molecule has 9 nitrogen and oxygen atoms in total. The first kappa shape index (κ1) is 21.8. The fourth-order valence-corrected chi connectivity index (χ4v) is 3.62. The Morgan fingerprint density at radius 3 is 2.46 bits per heavy atom. The number of hydrogen-bond acceptors (Lipinski definition) is 6. The number of amides is 2. The van der Waals surface area contributed by atoms with Crippen molar-refractivity contribution in [2.24, 2.45) is 5.92 Å². The summed E-state index contributed by atoms with van der Waals surface area (Å²) in [6, 6.07) is 0. The zero-order chi connectivity index (χ0) is 20.7. The SMILES string of the molecule is CC(=O)NC1(c2noc(CCC(=O)N(C)CC(C)C(=O)O)n2)CCCCCC1. The molecule has 0 bridgehead atoms. The molecular formula is C19H30N4O5. The molecule has 0 saturated heterocycles. The lowest BCUT2D eigenvalue weighted by Gasteiger charge is -2.30. The zero-order valence-corrected chi connectivity index (χ0v) is 16.9. The van der Waals surface area contributed by atoms with Crippen molar-refractivity contribution in [3.8, 4) is 0 Å². The second-order valence-electron chi connectivity index (χ2n) is 7.70. The largest absolute Gasteiger partial charge is 0.481 e. The van der Waals surface area contributed by atoms with Gasteiger partial charge in [-0.1, -0.05) is 37.8 Å². The Kier molecular flexibility index (Phi) is 7.53. The van der Waals surface area contributed by atoms with Gasteiger partial charge in [-0.25, -0.2) is 0 Å². The van der Waals surface area contributed by atoms with Gasteiger partial charge in [0.25, 0.3) is 0 Å². The average Bonchev–Trinajstić information content (AvgIpc) is 2.99. The van der Waals surface area contributed by atoms with E-state index in [0.29, 0.717) is 11.7 Å². The highest BCUT2D eigenvalue weighted by Gasteiger charge is 2.38. The maximum Gasteiger partial charge on any atom is 0.308 e. The molecule has 0 aliphatic heterocycles. The van der Waals surface area contributed by atoms with E-state index < -0.39 is 17.4 Å². The molecule has 1 aliphatic rings. The molecule has 2 amide bonds. The molecule has 1 fully saturated rings. The van der Waals surface area contributed by atoms with Gasteiger partial charge < -0.3 is 19.8 Å². The monoisotopic (exact) mass is 394 g/mol. The van der Waals surface area contributed by atoms with Crippen LogP contribution in [0.15, 0.2) is 4.52 Å². The van der Waals surface area contributed by atoms with Crippen LogP contribution in [0.4, 0.5) is 0 Å². The Morgan fingerprint density at radius 2 is 1.89 bits per heavy atom. The van der Waals surface area contributed by atoms with Crippen LogP contribution in [-0.2, 0) is 26.3 Å². The summed E-state index contributed by atoms with van der Waals surface area (Å²) in [7, 11) is 1.58. The number of nitrogens with one attached hydrogen (secondary N) is 1. The number of aliphatic carboxylic acids is 1. The van der Waals surface area contributed by atoms with Gasteiger partial charge in [0.1, 0.15) is 5.54 Å². The average molecular weight is 394 g/mol. The first-order chi connectivity index (χ1) is 13.2. The third-order valence-corrected chi connectivity index (χ3v) is 5.22. The van der Waals surface area contributed by atoms with Gasteiger partial charge in [0.15, 0.2) is 5.82 Å². The van der Waals surface area contributed by atoms with Crippen LogP contribution in [0.2, 0.25) is 0 Å². The van der Waals surface area contributed by atoms with Gasteiger partial charge in [0.2, 0.25) is 17.7 Å². The van der Waals surface area contributed by atoms with Gasteiger partial charge in [-0.3, -0.25) is 14.4 Å². The number of rotatable bonds is 8. The molecule has 1 saturated carbocycles. The molecule has 1 heterocycles. The van der Waals surface area contributed by atoms with Gasteiger partial charge >= 0.3 is 5.97 Å². The van der Waals surface area contributed by atoms with E-state index in [0.717, 1.165) is 38.5 Å². The van der Waals surface area contributed by atoms with Gasteiger partial charge in [0.05, 0.1) is 5.92 Å². The molecule has 1 aliphatic carbocycles. The van der Waals surface area contributed by atoms with Crippen LogP contribution in [-0.4, -0.2) is 51.5 Å². The molecule has 1 atom stereocenters. The van der Waals surface area contributed by atoms with Crippen molar-refractivity contribution in [3.05, 3.63) is 11.7 Å². The number of nitrogens with zero attached hydrogens (tertiary/aromatic N) is 3. The molecule has 2 rings (SSSR count). The van der Waals surface area contributed by atoms with Crippen molar-refractivity contribution >= 4 is 17.8 Å². The fraction of sp³-hybridized carbons (Fsp3) is 0.737. The van der Waals surface area contributed by atoms with Crippen LogP contribution in [0.5, 0.6) is 0 Å². The number of carboxylic acids is 1. The third kappa shape index (κ3) is 5.77. The number of carboxylic acid groups (broad SMARTS) is 1. The molecule has 0 aromatic carbocycles. The van der Waals surface area contributed by atoms with Crippen molar-refractivity contribution in [2.75, 3.05) is 13.6 Å². The summed E-state index contributed by atoms with van der Waals surface area (Å²) >= 11 is 0. The highest BCUT2D eigenvalue weighted by Crippen LogP contribution is 2.34. The molecule has 0 radical (unpaired) electrons. The Labute approximate surface area is 164 Å². The summed E-state index contributed by atoms with van der Waals surface area (Å²) in [5.41, 5.74) is -0.609. The summed E-state index contributed by atoms with van der Waals surface area (Å²) < 4.78 is 5.34. The minimum absolute atomic E-state index is 0.127. The van der Waals surface area contributed by atoms with Gasteiger partial charge in [-0.15, -0.1) is 0 Å². The Bertz CT molecular complexity index is 694. The molecular weight excluding hydrogens is 364 g/mol. The highest BCUT2D eigenvalue weighted by molar-refractivity contribution is 5.77. The lowest BCUT2D eigenvalue weighted by molar-refractivity contribution is -0.142. The number of carbonyl (C=O) groups excluding carboxylic acids is 2. The summed E-state index contributed by atoms with van der Waals surface area (Å²) in [5.74, 6) is -1.06. The van der Waals surface area contributed by atoms with Crippen LogP contribution < -0.4 is 5.32 Å². The predicted molar refractivity (Wildman–Crippen MR) is 100 cm³/mol. The molecule has 0 spiro atoms. The van der Waals surface area contributed by atoms with E-state index in [-0.39, 0.29) is 31.2 Å². The van der Waals surface area contributed by atoms with E-state index in [1.54, 1.807) is 14.0 Å². The van der Waals surface area contributed by atoms with Crippen molar-refractivity contribution in [1.29, 1.82) is 0 Å². The maximum absolute atomic E-state index is 12.2. The molecule has 1 aromatic rings. The van der Waals surface area contributed by atoms with Gasteiger partial charge in [0, 0.05) is 33.4 Å². The molecule has 28 heavy (non-hydrogen) atoms. The van der Waals surface area contributed by atoms with Crippen LogP contribution in [0.25, 0.3) is 0 Å². The van der Waals surface area contributed by atoms with E-state index in [1.165, 1.54) is 11.8 Å². The van der Waals surface area contributed by atoms with Crippen molar-refractivity contribution in [2.45, 2.75) is 70.8 Å². The van der Waals surface area contributed by atoms with Crippen LogP contribution in [0.3, 0.4) is 0 Å². The summed E-state index contributed by atoms with van der Waals surface area (Å²) in [6.45, 7) is 3.19. The Hall–Kier alpha value is -2.45. The van der Waals surface area contributed by atoms with E-state index in [2.05, 4.69) is 15.5 Å². The molecule has 1 unspecified atom stereocenters. The first-order valence-corrected chi connectivity index (χ1v) is 9.82. The van der Waals surface area contributed by atoms with E-state index in [4.69, 9.17) is 9.63 Å². The smallest absolute Gasteiger partial charge is 0.308 e. The number of hydrogen-bond donors (Lipinski definition) is 2. The minimum Gasteiger partial charge on any atom is -0.481 e. The number of aryl methyl sites for hydroxylation is 1. The van der Waals surface area contributed by atoms with Crippen molar-refractivity contribution in [3.63, 3.8) is 0 Å². The molecule has 1 aromatic heterocycles. The van der Waals surface area contributed by atoms with Crippen molar-refractivity contribution < 1.29 is 24.0 Å². The number of aromatic nitrogens is 2. The second kappa shape index (κ2) is 9.66. The van der Waals surface area contributed by atoms with E-state index in [9.17, 15) is 14.4 Å². The molecule has 156 valence electrons. The summed E-state index contributed by atoms with van der Waals surface area (Å²) in [6.07, 6.45) is 6.14. The first-order valence-electron chi connectivity index (χ1n) is 9.82. The Morgan fingerprint density at radius 1 is 1.25 bits per heavy atom. The topological polar surface area (TPSA) is 126 Å². The fourth-order valence-electron chi connectivity index (χ4n) is 3.62. The molecule has 9 heteroatoms. The minimum atomic E-state index is -0.937. The van der Waals surface area contributed by atoms with E-state index in [1.807, 2.05) is 0 Å². The lowest BCUT2D eigenvalue weighted by atomic mass is 9.89. The quantitative estimate of drug-likeness (QED) is 0.645. The van der Waals surface area contributed by atoms with Gasteiger partial charge in [-0.05, 0) is 12.8 Å². The zero-order valence-electron chi connectivity index (χ0n) is 16.9. The predicted octanol–water partition coefficient (Wildman–Crippen LogP) is 1.87.